The zero-order chi connectivity index (χ0) is 13.5. The van der Waals surface area contributed by atoms with Crippen LogP contribution in [0.3, 0.4) is 0 Å². The molecule has 17 heavy (non-hydrogen) atoms. The van der Waals surface area contributed by atoms with Gasteiger partial charge in [0, 0.05) is 6.26 Å². The van der Waals surface area contributed by atoms with Crippen LogP contribution in [0.15, 0.2) is 4.52 Å². The van der Waals surface area contributed by atoms with Crippen molar-refractivity contribution < 1.29 is 26.1 Å². The number of hydrogen-bond donors (Lipinski definition) is 1. The lowest BCUT2D eigenvalue weighted by Crippen LogP contribution is -2.48. The van der Waals surface area contributed by atoms with Gasteiger partial charge in [0.05, 0.1) is 0 Å². The molecule has 0 saturated heterocycles. The second-order valence-corrected chi connectivity index (χ2v) is 5.93. The van der Waals surface area contributed by atoms with Gasteiger partial charge in [0.1, 0.15) is 5.75 Å². The third-order valence-corrected chi connectivity index (χ3v) is 2.68. The predicted molar refractivity (Wildman–Crippen MR) is 50.4 cm³/mol. The average Bonchev–Trinajstić information content (AvgIpc) is 2.47. The summed E-state index contributed by atoms with van der Waals surface area (Å²) in [4.78, 5) is 3.33. The molecule has 0 aliphatic carbocycles. The molecule has 1 aromatic rings. The Hall–Kier alpha value is -1.16. The summed E-state index contributed by atoms with van der Waals surface area (Å²) in [6, 6.07) is 0. The first-order chi connectivity index (χ1) is 7.43. The van der Waals surface area contributed by atoms with Crippen LogP contribution in [0.4, 0.5) is 13.2 Å². The highest BCUT2D eigenvalue weighted by Crippen LogP contribution is 2.35. The molecule has 0 aliphatic rings. The van der Waals surface area contributed by atoms with Gasteiger partial charge in [-0.2, -0.15) is 18.2 Å². The van der Waals surface area contributed by atoms with Gasteiger partial charge >= 0.3 is 6.18 Å². The van der Waals surface area contributed by atoms with Gasteiger partial charge < -0.3 is 10.3 Å². The van der Waals surface area contributed by atoms with Crippen molar-refractivity contribution >= 4 is 9.84 Å². The molecule has 0 aliphatic heterocycles. The number of sulfone groups is 1. The monoisotopic (exact) mass is 273 g/mol. The number of alkyl halides is 3. The van der Waals surface area contributed by atoms with Gasteiger partial charge in [0.25, 0.3) is 5.89 Å². The molecule has 1 heterocycles. The number of hydrogen-bond acceptors (Lipinski definition) is 6. The lowest BCUT2D eigenvalue weighted by Gasteiger charge is -2.22. The smallest absolute Gasteiger partial charge is 0.337 e. The van der Waals surface area contributed by atoms with E-state index in [1.807, 2.05) is 0 Å². The predicted octanol–water partition coefficient (Wildman–Crippen LogP) is 0.350. The van der Waals surface area contributed by atoms with Crippen molar-refractivity contribution in [2.75, 3.05) is 6.26 Å². The van der Waals surface area contributed by atoms with E-state index in [2.05, 4.69) is 14.7 Å². The molecular formula is C7H10F3N3O3S. The van der Waals surface area contributed by atoms with E-state index in [0.717, 1.165) is 6.26 Å². The summed E-state index contributed by atoms with van der Waals surface area (Å²) in [6.07, 6.45) is -3.88. The first-order valence-electron chi connectivity index (χ1n) is 4.30. The highest BCUT2D eigenvalue weighted by Gasteiger charge is 2.53. The molecule has 10 heteroatoms. The van der Waals surface area contributed by atoms with Gasteiger partial charge in [-0.1, -0.05) is 5.16 Å². The van der Waals surface area contributed by atoms with Crippen molar-refractivity contribution in [1.29, 1.82) is 0 Å². The second-order valence-electron chi connectivity index (χ2n) is 3.79. The van der Waals surface area contributed by atoms with E-state index in [1.54, 1.807) is 0 Å². The fourth-order valence-electron chi connectivity index (χ4n) is 0.879. The minimum absolute atomic E-state index is 0.358. The Labute approximate surface area is 94.9 Å². The molecule has 0 aromatic carbocycles. The van der Waals surface area contributed by atoms with Gasteiger partial charge in [-0.05, 0) is 6.92 Å². The van der Waals surface area contributed by atoms with E-state index in [-0.39, 0.29) is 5.82 Å². The minimum Gasteiger partial charge on any atom is -0.337 e. The Morgan fingerprint density at radius 2 is 1.94 bits per heavy atom. The second kappa shape index (κ2) is 3.95. The fraction of sp³-hybridized carbons (Fsp3) is 0.714. The van der Waals surface area contributed by atoms with Crippen molar-refractivity contribution in [3.05, 3.63) is 11.7 Å². The van der Waals surface area contributed by atoms with Gasteiger partial charge in [-0.15, -0.1) is 0 Å². The van der Waals surface area contributed by atoms with Gasteiger partial charge in [-0.25, -0.2) is 8.42 Å². The Kier molecular flexibility index (Phi) is 3.23. The van der Waals surface area contributed by atoms with E-state index < -0.39 is 33.2 Å². The van der Waals surface area contributed by atoms with Crippen LogP contribution < -0.4 is 5.73 Å². The lowest BCUT2D eigenvalue weighted by molar-refractivity contribution is -0.190. The molecule has 0 bridgehead atoms. The largest absolute Gasteiger partial charge is 0.415 e. The molecule has 2 N–H and O–H groups in total. The third-order valence-electron chi connectivity index (χ3n) is 1.89. The Bertz CT molecular complexity index is 506. The summed E-state index contributed by atoms with van der Waals surface area (Å²) in [6.45, 7) is 0.657. The lowest BCUT2D eigenvalue weighted by atomic mass is 10.0. The normalized spacial score (nSPS) is 16.8. The maximum atomic E-state index is 12.5. The molecule has 0 fully saturated rings. The molecule has 0 radical (unpaired) electrons. The number of nitrogens with two attached hydrogens (primary N) is 1. The van der Waals surface area contributed by atoms with Crippen molar-refractivity contribution in [3.63, 3.8) is 0 Å². The van der Waals surface area contributed by atoms with E-state index in [9.17, 15) is 21.6 Å². The van der Waals surface area contributed by atoms with Crippen LogP contribution in [0.1, 0.15) is 18.6 Å². The van der Waals surface area contributed by atoms with Gasteiger partial charge in [0.2, 0.25) is 0 Å². The minimum atomic E-state index is -4.78. The summed E-state index contributed by atoms with van der Waals surface area (Å²) >= 11 is 0. The van der Waals surface area contributed by atoms with Crippen molar-refractivity contribution in [2.45, 2.75) is 24.4 Å². The van der Waals surface area contributed by atoms with E-state index in [0.29, 0.717) is 6.92 Å². The zero-order valence-electron chi connectivity index (χ0n) is 8.95. The summed E-state index contributed by atoms with van der Waals surface area (Å²) in [5, 5.41) is 3.14. The standard InChI is InChI=1S/C7H10F3N3O3S/c1-6(11,7(8,9)10)5-12-4(13-16-5)3-17(2,14)15/h3,11H2,1-2H3. The average molecular weight is 273 g/mol. The number of aromatic nitrogens is 2. The topological polar surface area (TPSA) is 99.1 Å². The first-order valence-corrected chi connectivity index (χ1v) is 6.36. The van der Waals surface area contributed by atoms with Gasteiger partial charge in [0.15, 0.2) is 21.2 Å². The zero-order valence-corrected chi connectivity index (χ0v) is 9.76. The molecule has 98 valence electrons. The molecule has 0 spiro atoms. The summed E-state index contributed by atoms with van der Waals surface area (Å²) in [5.41, 5.74) is 2.21. The quantitative estimate of drug-likeness (QED) is 0.853. The molecule has 1 rings (SSSR count). The van der Waals surface area contributed by atoms with E-state index in [1.165, 1.54) is 0 Å². The maximum absolute atomic E-state index is 12.5. The van der Waals surface area contributed by atoms with Crippen LogP contribution in [0, 0.1) is 0 Å². The summed E-state index contributed by atoms with van der Waals surface area (Å²) in [7, 11) is -3.45. The maximum Gasteiger partial charge on any atom is 0.415 e. The molecule has 6 nitrogen and oxygen atoms in total. The van der Waals surface area contributed by atoms with Crippen molar-refractivity contribution in [2.24, 2.45) is 5.73 Å². The molecule has 0 amide bonds. The molecule has 1 atom stereocenters. The number of nitrogens with zero attached hydrogens (tertiary/aromatic N) is 2. The molecular weight excluding hydrogens is 263 g/mol. The van der Waals surface area contributed by atoms with Crippen LogP contribution in [0.2, 0.25) is 0 Å². The number of rotatable bonds is 3. The highest BCUT2D eigenvalue weighted by atomic mass is 32.2. The molecule has 0 saturated carbocycles. The highest BCUT2D eigenvalue weighted by molar-refractivity contribution is 7.89. The van der Waals surface area contributed by atoms with Crippen LogP contribution in [-0.2, 0) is 21.1 Å². The molecule has 1 unspecified atom stereocenters. The van der Waals surface area contributed by atoms with Crippen molar-refractivity contribution in [1.82, 2.24) is 10.1 Å². The Balaban J connectivity index is 3.04. The van der Waals surface area contributed by atoms with Crippen molar-refractivity contribution in [3.8, 4) is 0 Å². The fourth-order valence-corrected chi connectivity index (χ4v) is 1.47. The van der Waals surface area contributed by atoms with Crippen LogP contribution >= 0.6 is 0 Å². The van der Waals surface area contributed by atoms with Crippen LogP contribution in [0.25, 0.3) is 0 Å². The first kappa shape index (κ1) is 13.9. The van der Waals surface area contributed by atoms with Crippen LogP contribution in [-0.4, -0.2) is 31.0 Å². The van der Waals surface area contributed by atoms with E-state index in [4.69, 9.17) is 5.73 Å². The van der Waals surface area contributed by atoms with Crippen LogP contribution in [0.5, 0.6) is 0 Å². The SMILES string of the molecule is CC(N)(c1nc(CS(C)(=O)=O)no1)C(F)(F)F. The number of halogens is 3. The molecule has 1 aromatic heterocycles. The summed E-state index contributed by atoms with van der Waals surface area (Å²) in [5.74, 6) is -1.84. The Morgan fingerprint density at radius 3 is 2.35 bits per heavy atom. The Morgan fingerprint density at radius 1 is 1.41 bits per heavy atom. The van der Waals surface area contributed by atoms with Gasteiger partial charge in [-0.3, -0.25) is 0 Å². The summed E-state index contributed by atoms with van der Waals surface area (Å²) < 4.78 is 63.6. The third kappa shape index (κ3) is 3.16. The van der Waals surface area contributed by atoms with E-state index >= 15 is 0 Å².